The summed E-state index contributed by atoms with van der Waals surface area (Å²) < 4.78 is 13.7. The topological polar surface area (TPSA) is 23.6 Å². The molecule has 0 aliphatic carbocycles. The van der Waals surface area contributed by atoms with Gasteiger partial charge in [0.2, 0.25) is 5.91 Å². The number of hydrogen-bond donors (Lipinski definition) is 0. The first kappa shape index (κ1) is 20.8. The predicted octanol–water partition coefficient (Wildman–Crippen LogP) is 4.33. The summed E-state index contributed by atoms with van der Waals surface area (Å²) in [6.07, 6.45) is 2.44. The van der Waals surface area contributed by atoms with Crippen LogP contribution < -0.4 is 0 Å². The van der Waals surface area contributed by atoms with Crippen molar-refractivity contribution in [1.82, 2.24) is 9.80 Å². The number of halogens is 2. The molecule has 2 saturated heterocycles. The summed E-state index contributed by atoms with van der Waals surface area (Å²) in [5.41, 5.74) is 2.32. The Hall–Kier alpha value is -1.91. The van der Waals surface area contributed by atoms with Crippen LogP contribution in [0.3, 0.4) is 0 Å². The standard InChI is InChI=1S/C23H27FN2O.ClH/c1-25-14-19-15-26(22(27)12-5-9-17-7-3-2-4-8-17)16-21(19)23(25)18-10-6-11-20(24)13-18;/h2-4,6-8,10-11,13,19,21,23H,5,9,12,14-16H2,1H3;1H/t19-,21+,23-;/m0./s1. The Balaban J connectivity index is 0.00000225. The molecule has 0 saturated carbocycles. The Labute approximate surface area is 172 Å². The van der Waals surface area contributed by atoms with E-state index in [4.69, 9.17) is 0 Å². The Morgan fingerprint density at radius 3 is 2.61 bits per heavy atom. The van der Waals surface area contributed by atoms with Crippen molar-refractivity contribution >= 4 is 18.3 Å². The van der Waals surface area contributed by atoms with Crippen molar-refractivity contribution in [3.05, 3.63) is 71.5 Å². The molecule has 2 aromatic rings. The number of benzene rings is 2. The molecule has 0 radical (unpaired) electrons. The minimum Gasteiger partial charge on any atom is -0.342 e. The zero-order valence-electron chi connectivity index (χ0n) is 16.3. The van der Waals surface area contributed by atoms with Crippen molar-refractivity contribution in [3.63, 3.8) is 0 Å². The number of fused-ring (bicyclic) bond motifs is 1. The van der Waals surface area contributed by atoms with Gasteiger partial charge in [0.05, 0.1) is 0 Å². The van der Waals surface area contributed by atoms with Crippen molar-refractivity contribution in [2.24, 2.45) is 11.8 Å². The minimum atomic E-state index is -0.184. The maximum Gasteiger partial charge on any atom is 0.222 e. The second kappa shape index (κ2) is 9.06. The highest BCUT2D eigenvalue weighted by Gasteiger charge is 2.47. The van der Waals surface area contributed by atoms with E-state index in [2.05, 4.69) is 24.1 Å². The average Bonchev–Trinajstić information content (AvgIpc) is 3.19. The average molecular weight is 403 g/mol. The van der Waals surface area contributed by atoms with Crippen LogP contribution in [-0.2, 0) is 11.2 Å². The quantitative estimate of drug-likeness (QED) is 0.743. The third kappa shape index (κ3) is 4.39. The van der Waals surface area contributed by atoms with Gasteiger partial charge in [0, 0.05) is 38.0 Å². The summed E-state index contributed by atoms with van der Waals surface area (Å²) in [6, 6.07) is 17.5. The van der Waals surface area contributed by atoms with Crippen LogP contribution in [0.25, 0.3) is 0 Å². The summed E-state index contributed by atoms with van der Waals surface area (Å²) in [4.78, 5) is 17.1. The molecule has 2 aliphatic heterocycles. The van der Waals surface area contributed by atoms with Gasteiger partial charge in [-0.3, -0.25) is 9.69 Å². The minimum absolute atomic E-state index is 0. The first-order valence-electron chi connectivity index (χ1n) is 9.89. The second-order valence-corrected chi connectivity index (χ2v) is 8.00. The number of likely N-dealkylation sites (tertiary alicyclic amines) is 2. The number of carbonyl (C=O) groups excluding carboxylic acids is 1. The molecule has 3 atom stereocenters. The lowest BCUT2D eigenvalue weighted by atomic mass is 9.89. The van der Waals surface area contributed by atoms with E-state index in [1.54, 1.807) is 12.1 Å². The van der Waals surface area contributed by atoms with Crippen molar-refractivity contribution in [2.45, 2.75) is 25.3 Å². The molecule has 0 aromatic heterocycles. The van der Waals surface area contributed by atoms with Gasteiger partial charge in [-0.25, -0.2) is 4.39 Å². The summed E-state index contributed by atoms with van der Waals surface area (Å²) in [6.45, 7) is 2.60. The van der Waals surface area contributed by atoms with E-state index in [1.165, 1.54) is 11.6 Å². The number of rotatable bonds is 5. The van der Waals surface area contributed by atoms with E-state index in [0.717, 1.165) is 38.0 Å². The number of hydrogen-bond acceptors (Lipinski definition) is 2. The van der Waals surface area contributed by atoms with Crippen LogP contribution in [0.15, 0.2) is 54.6 Å². The van der Waals surface area contributed by atoms with Gasteiger partial charge < -0.3 is 4.90 Å². The van der Waals surface area contributed by atoms with Gasteiger partial charge >= 0.3 is 0 Å². The van der Waals surface area contributed by atoms with Gasteiger partial charge in [0.15, 0.2) is 0 Å². The lowest BCUT2D eigenvalue weighted by molar-refractivity contribution is -0.130. The number of carbonyl (C=O) groups is 1. The molecule has 0 unspecified atom stereocenters. The monoisotopic (exact) mass is 402 g/mol. The van der Waals surface area contributed by atoms with Crippen LogP contribution in [0.2, 0.25) is 0 Å². The zero-order valence-corrected chi connectivity index (χ0v) is 17.1. The molecular weight excluding hydrogens is 375 g/mol. The number of aryl methyl sites for hydroxylation is 1. The fourth-order valence-corrected chi connectivity index (χ4v) is 4.90. The molecular formula is C23H28ClFN2O. The van der Waals surface area contributed by atoms with Crippen LogP contribution in [0.5, 0.6) is 0 Å². The van der Waals surface area contributed by atoms with E-state index in [1.807, 2.05) is 29.2 Å². The first-order chi connectivity index (χ1) is 13.1. The molecule has 2 aliphatic rings. The summed E-state index contributed by atoms with van der Waals surface area (Å²) in [7, 11) is 2.11. The maximum atomic E-state index is 13.7. The Morgan fingerprint density at radius 2 is 1.86 bits per heavy atom. The highest BCUT2D eigenvalue weighted by Crippen LogP contribution is 2.44. The molecule has 0 N–H and O–H groups in total. The largest absolute Gasteiger partial charge is 0.342 e. The molecule has 0 spiro atoms. The highest BCUT2D eigenvalue weighted by molar-refractivity contribution is 5.85. The molecule has 2 heterocycles. The molecule has 150 valence electrons. The Bertz CT molecular complexity index is 800. The number of amides is 1. The molecule has 0 bridgehead atoms. The van der Waals surface area contributed by atoms with Crippen molar-refractivity contribution in [1.29, 1.82) is 0 Å². The van der Waals surface area contributed by atoms with Gasteiger partial charge in [-0.1, -0.05) is 42.5 Å². The molecule has 4 rings (SSSR count). The SMILES string of the molecule is CN1C[C@H]2CN(C(=O)CCCc3ccccc3)C[C@H]2[C@@H]1c1cccc(F)c1.Cl. The summed E-state index contributed by atoms with van der Waals surface area (Å²) in [5, 5.41) is 0. The lowest BCUT2D eigenvalue weighted by Crippen LogP contribution is -2.33. The normalized spacial score (nSPS) is 24.1. The van der Waals surface area contributed by atoms with E-state index >= 15 is 0 Å². The summed E-state index contributed by atoms with van der Waals surface area (Å²) >= 11 is 0. The van der Waals surface area contributed by atoms with E-state index in [0.29, 0.717) is 18.3 Å². The van der Waals surface area contributed by atoms with E-state index in [9.17, 15) is 9.18 Å². The Kier molecular flexibility index (Phi) is 6.73. The lowest BCUT2D eigenvalue weighted by Gasteiger charge is -2.27. The fraction of sp³-hybridized carbons (Fsp3) is 0.435. The van der Waals surface area contributed by atoms with Gasteiger partial charge in [0.1, 0.15) is 5.82 Å². The molecule has 5 heteroatoms. The van der Waals surface area contributed by atoms with Crippen LogP contribution in [-0.4, -0.2) is 42.4 Å². The fourth-order valence-electron chi connectivity index (χ4n) is 4.90. The van der Waals surface area contributed by atoms with Crippen molar-refractivity contribution in [3.8, 4) is 0 Å². The van der Waals surface area contributed by atoms with Gasteiger partial charge in [-0.2, -0.15) is 0 Å². The smallest absolute Gasteiger partial charge is 0.222 e. The zero-order chi connectivity index (χ0) is 18.8. The maximum absolute atomic E-state index is 13.7. The molecule has 1 amide bonds. The predicted molar refractivity (Wildman–Crippen MR) is 112 cm³/mol. The highest BCUT2D eigenvalue weighted by atomic mass is 35.5. The van der Waals surface area contributed by atoms with Crippen molar-refractivity contribution in [2.75, 3.05) is 26.7 Å². The molecule has 2 fully saturated rings. The molecule has 2 aromatic carbocycles. The van der Waals surface area contributed by atoms with Gasteiger partial charge in [-0.05, 0) is 49.1 Å². The summed E-state index contributed by atoms with van der Waals surface area (Å²) in [5.74, 6) is 0.966. The van der Waals surface area contributed by atoms with E-state index < -0.39 is 0 Å². The number of nitrogens with zero attached hydrogens (tertiary/aromatic N) is 2. The Morgan fingerprint density at radius 1 is 1.07 bits per heavy atom. The third-order valence-electron chi connectivity index (χ3n) is 6.14. The van der Waals surface area contributed by atoms with Crippen LogP contribution in [0.4, 0.5) is 4.39 Å². The van der Waals surface area contributed by atoms with Crippen LogP contribution in [0.1, 0.15) is 30.0 Å². The van der Waals surface area contributed by atoms with Crippen LogP contribution >= 0.6 is 12.4 Å². The molecule has 3 nitrogen and oxygen atoms in total. The van der Waals surface area contributed by atoms with E-state index in [-0.39, 0.29) is 30.2 Å². The van der Waals surface area contributed by atoms with Gasteiger partial charge in [0.25, 0.3) is 0 Å². The molecule has 28 heavy (non-hydrogen) atoms. The first-order valence-corrected chi connectivity index (χ1v) is 9.89. The second-order valence-electron chi connectivity index (χ2n) is 8.00. The van der Waals surface area contributed by atoms with Gasteiger partial charge in [-0.15, -0.1) is 12.4 Å². The van der Waals surface area contributed by atoms with Crippen LogP contribution in [0, 0.1) is 17.7 Å². The van der Waals surface area contributed by atoms with Crippen molar-refractivity contribution < 1.29 is 9.18 Å². The third-order valence-corrected chi connectivity index (χ3v) is 6.14.